The van der Waals surface area contributed by atoms with Gasteiger partial charge in [-0.2, -0.15) is 0 Å². The van der Waals surface area contributed by atoms with Crippen LogP contribution in [0.3, 0.4) is 0 Å². The van der Waals surface area contributed by atoms with Crippen molar-refractivity contribution in [3.05, 3.63) is 39.9 Å². The van der Waals surface area contributed by atoms with Crippen molar-refractivity contribution in [3.8, 4) is 0 Å². The Labute approximate surface area is 114 Å². The number of nitro groups is 1. The largest absolute Gasteiger partial charge is 0.544 e. The fourth-order valence-corrected chi connectivity index (χ4v) is 3.68. The van der Waals surface area contributed by atoms with Gasteiger partial charge in [0.25, 0.3) is 5.69 Å². The van der Waals surface area contributed by atoms with Crippen molar-refractivity contribution in [2.45, 2.75) is 30.0 Å². The van der Waals surface area contributed by atoms with E-state index < -0.39 is 21.7 Å². The molecule has 0 saturated carbocycles. The van der Waals surface area contributed by atoms with Crippen LogP contribution in [0.4, 0.5) is 5.69 Å². The van der Waals surface area contributed by atoms with Crippen LogP contribution in [0.5, 0.6) is 0 Å². The smallest absolute Gasteiger partial charge is 0.269 e. The number of hydrogen-bond acceptors (Lipinski definition) is 5. The van der Waals surface area contributed by atoms with E-state index in [4.69, 9.17) is 0 Å². The number of nitrogens with zero attached hydrogens (tertiary/aromatic N) is 1. The zero-order chi connectivity index (χ0) is 14.2. The summed E-state index contributed by atoms with van der Waals surface area (Å²) in [5.74, 6) is -1.08. The van der Waals surface area contributed by atoms with Crippen LogP contribution in [0.2, 0.25) is 0 Å². The molecule has 6 nitrogen and oxygen atoms in total. The molecular formula is C12H14N2O4S. The summed E-state index contributed by atoms with van der Waals surface area (Å²) >= 11 is 1.53. The Morgan fingerprint density at radius 1 is 1.37 bits per heavy atom. The molecule has 1 heterocycles. The van der Waals surface area contributed by atoms with Crippen LogP contribution in [-0.4, -0.2) is 21.7 Å². The number of carboxylic acid groups (broad SMARTS) is 1. The van der Waals surface area contributed by atoms with Crippen molar-refractivity contribution in [1.82, 2.24) is 0 Å². The number of benzene rings is 1. The average Bonchev–Trinajstić information content (AvgIpc) is 2.65. The molecule has 2 atom stereocenters. The average molecular weight is 282 g/mol. The highest BCUT2D eigenvalue weighted by Crippen LogP contribution is 2.40. The first kappa shape index (κ1) is 13.8. The Morgan fingerprint density at radius 3 is 2.37 bits per heavy atom. The second kappa shape index (κ2) is 4.82. The third-order valence-electron chi connectivity index (χ3n) is 3.23. The molecule has 7 heteroatoms. The van der Waals surface area contributed by atoms with Gasteiger partial charge in [0.1, 0.15) is 12.0 Å². The molecule has 0 aliphatic carbocycles. The first-order valence-corrected chi connectivity index (χ1v) is 6.67. The number of quaternary nitrogens is 1. The van der Waals surface area contributed by atoms with Gasteiger partial charge in [0.2, 0.25) is 0 Å². The van der Waals surface area contributed by atoms with Crippen molar-refractivity contribution in [3.63, 3.8) is 0 Å². The number of aliphatic carboxylic acids is 1. The predicted octanol–water partition coefficient (Wildman–Crippen LogP) is -0.199. The second-order valence-electron chi connectivity index (χ2n) is 4.98. The van der Waals surface area contributed by atoms with Crippen molar-refractivity contribution in [2.24, 2.45) is 0 Å². The molecule has 1 aromatic rings. The van der Waals surface area contributed by atoms with Crippen LogP contribution in [0, 0.1) is 10.1 Å². The molecule has 1 aliphatic rings. The highest BCUT2D eigenvalue weighted by atomic mass is 32.2. The van der Waals surface area contributed by atoms with E-state index in [1.807, 2.05) is 13.8 Å². The van der Waals surface area contributed by atoms with Gasteiger partial charge in [-0.15, -0.1) is 0 Å². The van der Waals surface area contributed by atoms with Crippen LogP contribution in [0.15, 0.2) is 24.3 Å². The lowest BCUT2D eigenvalue weighted by Crippen LogP contribution is -2.92. The number of nitrogens with two attached hydrogens (primary N) is 1. The van der Waals surface area contributed by atoms with Gasteiger partial charge in [0.15, 0.2) is 5.37 Å². The Hall–Kier alpha value is -1.60. The lowest BCUT2D eigenvalue weighted by Gasteiger charge is -2.21. The van der Waals surface area contributed by atoms with E-state index >= 15 is 0 Å². The number of carbonyl (C=O) groups excluding carboxylic acids is 1. The molecule has 0 aromatic heterocycles. The zero-order valence-electron chi connectivity index (χ0n) is 10.5. The van der Waals surface area contributed by atoms with Crippen molar-refractivity contribution < 1.29 is 20.1 Å². The summed E-state index contributed by atoms with van der Waals surface area (Å²) < 4.78 is -0.439. The van der Waals surface area contributed by atoms with E-state index in [1.165, 1.54) is 23.9 Å². The fraction of sp³-hybridized carbons (Fsp3) is 0.417. The molecule has 1 aliphatic heterocycles. The zero-order valence-corrected chi connectivity index (χ0v) is 11.3. The van der Waals surface area contributed by atoms with Crippen LogP contribution in [-0.2, 0) is 4.79 Å². The van der Waals surface area contributed by atoms with Crippen LogP contribution in [0.1, 0.15) is 24.8 Å². The number of nitro benzene ring substituents is 1. The Bertz CT molecular complexity index is 515. The third kappa shape index (κ3) is 2.71. The molecule has 0 bridgehead atoms. The number of carboxylic acids is 1. The van der Waals surface area contributed by atoms with Crippen LogP contribution in [0.25, 0.3) is 0 Å². The highest BCUT2D eigenvalue weighted by Gasteiger charge is 2.46. The number of hydrogen-bond donors (Lipinski definition) is 1. The van der Waals surface area contributed by atoms with E-state index in [1.54, 1.807) is 17.4 Å². The quantitative estimate of drug-likeness (QED) is 0.611. The normalized spacial score (nSPS) is 25.2. The first-order chi connectivity index (χ1) is 8.81. The second-order valence-corrected chi connectivity index (χ2v) is 6.78. The highest BCUT2D eigenvalue weighted by molar-refractivity contribution is 8.00. The minimum Gasteiger partial charge on any atom is -0.544 e. The number of rotatable bonds is 3. The van der Waals surface area contributed by atoms with Gasteiger partial charge in [-0.05, 0) is 26.0 Å². The van der Waals surface area contributed by atoms with E-state index in [2.05, 4.69) is 0 Å². The molecule has 0 radical (unpaired) electrons. The Balaban J connectivity index is 2.20. The fourth-order valence-electron chi connectivity index (χ4n) is 2.17. The van der Waals surface area contributed by atoms with E-state index in [9.17, 15) is 20.0 Å². The topological polar surface area (TPSA) is 99.9 Å². The number of carbonyl (C=O) groups is 1. The molecule has 1 fully saturated rings. The molecule has 2 rings (SSSR count). The molecule has 1 saturated heterocycles. The van der Waals surface area contributed by atoms with Gasteiger partial charge in [-0.3, -0.25) is 10.1 Å². The van der Waals surface area contributed by atoms with E-state index in [-0.39, 0.29) is 11.1 Å². The molecule has 102 valence electrons. The molecular weight excluding hydrogens is 268 g/mol. The standard InChI is InChI=1S/C12H14N2O4S/c1-12(2)9(11(15)16)13-10(19-12)7-3-5-8(6-4-7)14(17)18/h3-6,9-10,13H,1-2H3,(H,15,16)/t9-,10+/m1/s1. The van der Waals surface area contributed by atoms with Gasteiger partial charge in [0, 0.05) is 17.7 Å². The van der Waals surface area contributed by atoms with Gasteiger partial charge in [-0.25, -0.2) is 0 Å². The van der Waals surface area contributed by atoms with Crippen molar-refractivity contribution in [2.75, 3.05) is 0 Å². The summed E-state index contributed by atoms with van der Waals surface area (Å²) in [7, 11) is 0. The van der Waals surface area contributed by atoms with Gasteiger partial charge < -0.3 is 15.2 Å². The predicted molar refractivity (Wildman–Crippen MR) is 68.2 cm³/mol. The van der Waals surface area contributed by atoms with E-state index in [0.29, 0.717) is 0 Å². The maximum absolute atomic E-state index is 11.1. The Kier molecular flexibility index (Phi) is 3.51. The molecule has 19 heavy (non-hydrogen) atoms. The first-order valence-electron chi connectivity index (χ1n) is 5.79. The summed E-state index contributed by atoms with van der Waals surface area (Å²) in [5.41, 5.74) is 0.898. The SMILES string of the molecule is CC1(C)S[C@@H](c2ccc([N+](=O)[O-])cc2)[NH2+][C@@H]1C(=O)[O-]. The van der Waals surface area contributed by atoms with Crippen LogP contribution < -0.4 is 10.4 Å². The molecule has 0 spiro atoms. The third-order valence-corrected chi connectivity index (χ3v) is 4.78. The summed E-state index contributed by atoms with van der Waals surface area (Å²) in [4.78, 5) is 21.2. The molecule has 0 amide bonds. The summed E-state index contributed by atoms with van der Waals surface area (Å²) in [6, 6.07) is 5.57. The van der Waals surface area contributed by atoms with Crippen molar-refractivity contribution in [1.29, 1.82) is 0 Å². The summed E-state index contributed by atoms with van der Waals surface area (Å²) in [5, 5.41) is 23.3. The minimum atomic E-state index is -1.08. The minimum absolute atomic E-state index is 0.0301. The molecule has 1 aromatic carbocycles. The Morgan fingerprint density at radius 2 is 1.95 bits per heavy atom. The lowest BCUT2D eigenvalue weighted by atomic mass is 10.0. The maximum Gasteiger partial charge on any atom is 0.269 e. The molecule has 2 N–H and O–H groups in total. The number of thioether (sulfide) groups is 1. The number of non-ortho nitro benzene ring substituents is 1. The molecule has 0 unspecified atom stereocenters. The van der Waals surface area contributed by atoms with Crippen molar-refractivity contribution >= 4 is 23.4 Å². The van der Waals surface area contributed by atoms with Gasteiger partial charge in [0.05, 0.1) is 9.67 Å². The van der Waals surface area contributed by atoms with Gasteiger partial charge in [-0.1, -0.05) is 11.8 Å². The van der Waals surface area contributed by atoms with Crippen LogP contribution >= 0.6 is 11.8 Å². The monoisotopic (exact) mass is 282 g/mol. The summed E-state index contributed by atoms with van der Waals surface area (Å²) in [6.07, 6.45) is 0. The van der Waals surface area contributed by atoms with Gasteiger partial charge >= 0.3 is 0 Å². The maximum atomic E-state index is 11.1. The van der Waals surface area contributed by atoms with E-state index in [0.717, 1.165) is 5.56 Å². The summed E-state index contributed by atoms with van der Waals surface area (Å²) in [6.45, 7) is 3.72. The lowest BCUT2D eigenvalue weighted by molar-refractivity contribution is -0.695.